The molecule has 72 valence electrons. The van der Waals surface area contributed by atoms with E-state index in [0.29, 0.717) is 11.7 Å². The first-order valence-electron chi connectivity index (χ1n) is 5.07. The summed E-state index contributed by atoms with van der Waals surface area (Å²) in [4.78, 5) is 11.6. The van der Waals surface area contributed by atoms with Crippen LogP contribution < -0.4 is 0 Å². The van der Waals surface area contributed by atoms with Gasteiger partial charge in [0.2, 0.25) is 0 Å². The van der Waals surface area contributed by atoms with Gasteiger partial charge in [0.1, 0.15) is 0 Å². The first kappa shape index (κ1) is 10.2. The number of allylic oxidation sites excluding steroid dienone is 3. The maximum atomic E-state index is 11.6. The Bertz CT molecular complexity index is 215. The van der Waals surface area contributed by atoms with Gasteiger partial charge in [-0.3, -0.25) is 4.79 Å². The summed E-state index contributed by atoms with van der Waals surface area (Å²) >= 11 is 0. The predicted molar refractivity (Wildman–Crippen MR) is 55.5 cm³/mol. The molecule has 0 unspecified atom stereocenters. The van der Waals surface area contributed by atoms with Gasteiger partial charge in [-0.05, 0) is 37.7 Å². The zero-order chi connectivity index (χ0) is 9.68. The molecule has 0 saturated heterocycles. The normalized spacial score (nSPS) is 28.5. The molecule has 1 heteroatoms. The molecule has 0 saturated carbocycles. The summed E-state index contributed by atoms with van der Waals surface area (Å²) in [7, 11) is 0. The molecule has 1 rings (SSSR count). The van der Waals surface area contributed by atoms with Crippen molar-refractivity contribution in [3.05, 3.63) is 24.8 Å². The number of carbonyl (C=O) groups excluding carboxylic acids is 1. The average molecular weight is 178 g/mol. The Balaban J connectivity index is 2.59. The van der Waals surface area contributed by atoms with Gasteiger partial charge < -0.3 is 0 Å². The molecule has 0 fully saturated rings. The Morgan fingerprint density at radius 3 is 3.15 bits per heavy atom. The summed E-state index contributed by atoms with van der Waals surface area (Å²) in [6.45, 7) is 5.87. The SMILES string of the molecule is C=CCC[C@@H]1C(=O)C=CCC[C@@H]1C. The molecule has 0 bridgehead atoms. The molecule has 0 amide bonds. The maximum Gasteiger partial charge on any atom is 0.158 e. The fraction of sp³-hybridized carbons (Fsp3) is 0.583. The Morgan fingerprint density at radius 2 is 2.46 bits per heavy atom. The number of rotatable bonds is 3. The molecule has 0 aromatic carbocycles. The van der Waals surface area contributed by atoms with E-state index in [9.17, 15) is 4.79 Å². The zero-order valence-corrected chi connectivity index (χ0v) is 8.33. The molecule has 0 heterocycles. The Morgan fingerprint density at radius 1 is 1.69 bits per heavy atom. The summed E-state index contributed by atoms with van der Waals surface area (Å²) < 4.78 is 0. The van der Waals surface area contributed by atoms with E-state index in [1.165, 1.54) is 0 Å². The Hall–Kier alpha value is -0.850. The molecular formula is C12H18O. The van der Waals surface area contributed by atoms with Crippen molar-refractivity contribution >= 4 is 5.78 Å². The van der Waals surface area contributed by atoms with E-state index >= 15 is 0 Å². The summed E-state index contributed by atoms with van der Waals surface area (Å²) in [5.41, 5.74) is 0. The van der Waals surface area contributed by atoms with Crippen molar-refractivity contribution in [2.75, 3.05) is 0 Å². The van der Waals surface area contributed by atoms with Crippen LogP contribution in [0.5, 0.6) is 0 Å². The number of hydrogen-bond acceptors (Lipinski definition) is 1. The van der Waals surface area contributed by atoms with Crippen molar-refractivity contribution in [2.45, 2.75) is 32.6 Å². The fourth-order valence-corrected chi connectivity index (χ4v) is 1.89. The molecule has 1 aliphatic rings. The van der Waals surface area contributed by atoms with Gasteiger partial charge in [0.05, 0.1) is 0 Å². The quantitative estimate of drug-likeness (QED) is 0.607. The highest BCUT2D eigenvalue weighted by Gasteiger charge is 2.23. The highest BCUT2D eigenvalue weighted by Crippen LogP contribution is 2.26. The first-order chi connectivity index (χ1) is 6.25. The minimum absolute atomic E-state index is 0.233. The van der Waals surface area contributed by atoms with E-state index in [2.05, 4.69) is 13.5 Å². The van der Waals surface area contributed by atoms with E-state index in [1.807, 2.05) is 12.2 Å². The number of hydrogen-bond donors (Lipinski definition) is 0. The standard InChI is InChI=1S/C12H18O/c1-3-4-8-11-10(2)7-5-6-9-12(11)13/h3,6,9-11H,1,4-5,7-8H2,2H3/t10-,11-/m0/s1. The average Bonchev–Trinajstić information content (AvgIpc) is 2.26. The number of carbonyl (C=O) groups is 1. The third kappa shape index (κ3) is 2.83. The summed E-state index contributed by atoms with van der Waals surface area (Å²) in [6, 6.07) is 0. The van der Waals surface area contributed by atoms with Crippen LogP contribution in [0.25, 0.3) is 0 Å². The maximum absolute atomic E-state index is 11.6. The smallest absolute Gasteiger partial charge is 0.158 e. The lowest BCUT2D eigenvalue weighted by Crippen LogP contribution is -2.18. The monoisotopic (exact) mass is 178 g/mol. The lowest BCUT2D eigenvalue weighted by molar-refractivity contribution is -0.119. The van der Waals surface area contributed by atoms with Crippen LogP contribution in [0.1, 0.15) is 32.6 Å². The van der Waals surface area contributed by atoms with E-state index in [4.69, 9.17) is 0 Å². The number of ketones is 1. The highest BCUT2D eigenvalue weighted by atomic mass is 16.1. The van der Waals surface area contributed by atoms with Gasteiger partial charge in [0.15, 0.2) is 5.78 Å². The van der Waals surface area contributed by atoms with E-state index in [0.717, 1.165) is 25.7 Å². The first-order valence-corrected chi connectivity index (χ1v) is 5.07. The van der Waals surface area contributed by atoms with Crippen molar-refractivity contribution in [3.63, 3.8) is 0 Å². The highest BCUT2D eigenvalue weighted by molar-refractivity contribution is 5.92. The minimum Gasteiger partial charge on any atom is -0.295 e. The van der Waals surface area contributed by atoms with Gasteiger partial charge in [-0.25, -0.2) is 0 Å². The summed E-state index contributed by atoms with van der Waals surface area (Å²) in [5.74, 6) is 1.08. The van der Waals surface area contributed by atoms with Gasteiger partial charge in [-0.2, -0.15) is 0 Å². The Labute approximate surface area is 80.5 Å². The molecule has 13 heavy (non-hydrogen) atoms. The van der Waals surface area contributed by atoms with Crippen molar-refractivity contribution in [1.29, 1.82) is 0 Å². The molecule has 1 aliphatic carbocycles. The fourth-order valence-electron chi connectivity index (χ4n) is 1.89. The molecule has 1 nitrogen and oxygen atoms in total. The molecule has 2 atom stereocenters. The van der Waals surface area contributed by atoms with Gasteiger partial charge in [0, 0.05) is 5.92 Å². The van der Waals surface area contributed by atoms with Crippen LogP contribution in [0.4, 0.5) is 0 Å². The second kappa shape index (κ2) is 5.00. The third-order valence-corrected chi connectivity index (χ3v) is 2.80. The van der Waals surface area contributed by atoms with Gasteiger partial charge in [0.25, 0.3) is 0 Å². The van der Waals surface area contributed by atoms with Gasteiger partial charge in [-0.1, -0.05) is 19.1 Å². The molecule has 0 aromatic heterocycles. The lowest BCUT2D eigenvalue weighted by Gasteiger charge is -2.18. The molecule has 0 aromatic rings. The molecule has 0 N–H and O–H groups in total. The summed E-state index contributed by atoms with van der Waals surface area (Å²) in [5, 5.41) is 0. The van der Waals surface area contributed by atoms with E-state index < -0.39 is 0 Å². The second-order valence-corrected chi connectivity index (χ2v) is 3.83. The van der Waals surface area contributed by atoms with Crippen molar-refractivity contribution < 1.29 is 4.79 Å². The molecular weight excluding hydrogens is 160 g/mol. The van der Waals surface area contributed by atoms with Crippen LogP contribution >= 0.6 is 0 Å². The molecule has 0 spiro atoms. The van der Waals surface area contributed by atoms with Crippen molar-refractivity contribution in [2.24, 2.45) is 11.8 Å². The van der Waals surface area contributed by atoms with E-state index in [-0.39, 0.29) is 5.92 Å². The van der Waals surface area contributed by atoms with Crippen LogP contribution in [-0.4, -0.2) is 5.78 Å². The topological polar surface area (TPSA) is 17.1 Å². The van der Waals surface area contributed by atoms with Crippen LogP contribution in [0, 0.1) is 11.8 Å². The van der Waals surface area contributed by atoms with Crippen LogP contribution in [-0.2, 0) is 4.79 Å². The molecule has 0 aliphatic heterocycles. The van der Waals surface area contributed by atoms with Gasteiger partial charge in [-0.15, -0.1) is 6.58 Å². The predicted octanol–water partition coefficient (Wildman–Crippen LogP) is 3.12. The zero-order valence-electron chi connectivity index (χ0n) is 8.33. The van der Waals surface area contributed by atoms with Crippen LogP contribution in [0.15, 0.2) is 24.8 Å². The largest absolute Gasteiger partial charge is 0.295 e. The second-order valence-electron chi connectivity index (χ2n) is 3.83. The van der Waals surface area contributed by atoms with E-state index in [1.54, 1.807) is 6.08 Å². The minimum atomic E-state index is 0.233. The van der Waals surface area contributed by atoms with Crippen molar-refractivity contribution in [3.8, 4) is 0 Å². The van der Waals surface area contributed by atoms with Crippen molar-refractivity contribution in [1.82, 2.24) is 0 Å². The lowest BCUT2D eigenvalue weighted by atomic mass is 9.85. The summed E-state index contributed by atoms with van der Waals surface area (Å²) in [6.07, 6.45) is 9.78. The van der Waals surface area contributed by atoms with Gasteiger partial charge >= 0.3 is 0 Å². The Kier molecular flexibility index (Phi) is 3.94. The van der Waals surface area contributed by atoms with Crippen LogP contribution in [0.2, 0.25) is 0 Å². The van der Waals surface area contributed by atoms with Crippen LogP contribution in [0.3, 0.4) is 0 Å². The third-order valence-electron chi connectivity index (χ3n) is 2.80. The molecule has 0 radical (unpaired) electrons.